The van der Waals surface area contributed by atoms with Crippen molar-refractivity contribution < 1.29 is 0 Å². The summed E-state index contributed by atoms with van der Waals surface area (Å²) >= 11 is 1.81. The number of hydrogen-bond donors (Lipinski definition) is 1. The third-order valence-electron chi connectivity index (χ3n) is 12.4. The molecular formula is C57H41N3S. The summed E-state index contributed by atoms with van der Waals surface area (Å²) in [5, 5.41) is 4.94. The molecule has 0 saturated carbocycles. The first kappa shape index (κ1) is 36.5. The van der Waals surface area contributed by atoms with E-state index in [-0.39, 0.29) is 0 Å². The van der Waals surface area contributed by atoms with Gasteiger partial charge in [0.15, 0.2) is 0 Å². The molecule has 4 heteroatoms. The quantitative estimate of drug-likeness (QED) is 0.163. The van der Waals surface area contributed by atoms with Crippen molar-refractivity contribution in [3.8, 4) is 11.1 Å². The van der Waals surface area contributed by atoms with E-state index in [0.717, 1.165) is 33.7 Å². The van der Waals surface area contributed by atoms with Crippen LogP contribution in [0.1, 0.15) is 38.9 Å². The number of benzene rings is 8. The lowest BCUT2D eigenvalue weighted by atomic mass is 9.67. The minimum atomic E-state index is -0.540. The first-order valence-electron chi connectivity index (χ1n) is 20.7. The molecule has 0 fully saturated rings. The molecule has 61 heavy (non-hydrogen) atoms. The summed E-state index contributed by atoms with van der Waals surface area (Å²) in [5.74, 6) is 0. The molecule has 11 rings (SSSR count). The van der Waals surface area contributed by atoms with E-state index in [1.165, 1.54) is 64.3 Å². The number of nitrogens with two attached hydrogens (primary N) is 1. The van der Waals surface area contributed by atoms with Gasteiger partial charge >= 0.3 is 0 Å². The van der Waals surface area contributed by atoms with E-state index < -0.39 is 5.41 Å². The fourth-order valence-electron chi connectivity index (χ4n) is 9.51. The van der Waals surface area contributed by atoms with Crippen LogP contribution in [0.3, 0.4) is 0 Å². The average Bonchev–Trinajstić information content (AvgIpc) is 3.83. The van der Waals surface area contributed by atoms with Gasteiger partial charge in [0.25, 0.3) is 0 Å². The van der Waals surface area contributed by atoms with Crippen LogP contribution >= 0.6 is 11.3 Å². The summed E-state index contributed by atoms with van der Waals surface area (Å²) < 4.78 is 2.44. The molecule has 9 aromatic rings. The van der Waals surface area contributed by atoms with E-state index in [9.17, 15) is 0 Å². The normalized spacial score (nSPS) is 15.6. The molecule has 0 bridgehead atoms. The molecule has 0 radical (unpaired) electrons. The standard InChI is InChI=1S/C57H41N3S/c1-38-17-14-15-32-60(54-35-43(30-31-44(38)54)57(42-22-6-3-7-23-42)50-28-12-10-24-45(50)46-25-11-13-29-51(46)57)37-59-53(36-52(58)39-18-4-2-5-19-39)48-27-16-26-47-49-33-40-20-8-9-21-41(40)34-55(49)61-56(47)48/h2-36H,1,37,58H2/b17-14-,32-15-,52-36-,59-53+. The molecule has 1 aliphatic carbocycles. The van der Waals surface area contributed by atoms with Gasteiger partial charge in [-0.1, -0.05) is 183 Å². The molecule has 2 aliphatic rings. The molecule has 2 N–H and O–H groups in total. The Bertz CT molecular complexity index is 3270. The Balaban J connectivity index is 1.10. The maximum atomic E-state index is 6.94. The Morgan fingerprint density at radius 3 is 2.05 bits per heavy atom. The van der Waals surface area contributed by atoms with Gasteiger partial charge in [0.1, 0.15) is 6.67 Å². The molecule has 0 spiro atoms. The van der Waals surface area contributed by atoms with Crippen LogP contribution in [-0.2, 0) is 5.41 Å². The second-order valence-electron chi connectivity index (χ2n) is 15.8. The Hall–Kier alpha value is -7.53. The van der Waals surface area contributed by atoms with Crippen molar-refractivity contribution in [3.63, 3.8) is 0 Å². The van der Waals surface area contributed by atoms with Gasteiger partial charge in [0.05, 0.1) is 16.8 Å². The minimum Gasteiger partial charge on any atom is -0.398 e. The smallest absolute Gasteiger partial charge is 0.115 e. The van der Waals surface area contributed by atoms with E-state index >= 15 is 0 Å². The number of hydrogen-bond acceptors (Lipinski definition) is 4. The van der Waals surface area contributed by atoms with Crippen molar-refractivity contribution in [2.75, 3.05) is 11.6 Å². The molecule has 290 valence electrons. The lowest BCUT2D eigenvalue weighted by Gasteiger charge is -2.35. The van der Waals surface area contributed by atoms with Crippen LogP contribution in [0.2, 0.25) is 0 Å². The monoisotopic (exact) mass is 799 g/mol. The molecule has 2 heterocycles. The van der Waals surface area contributed by atoms with E-state index in [1.807, 2.05) is 47.7 Å². The summed E-state index contributed by atoms with van der Waals surface area (Å²) in [6, 6.07) is 65.6. The Kier molecular flexibility index (Phi) is 8.95. The van der Waals surface area contributed by atoms with Crippen molar-refractivity contribution in [3.05, 3.63) is 258 Å². The second-order valence-corrected chi connectivity index (χ2v) is 16.8. The molecule has 1 aromatic heterocycles. The molecule has 0 unspecified atom stereocenters. The van der Waals surface area contributed by atoms with Crippen molar-refractivity contribution >= 4 is 65.0 Å². The maximum absolute atomic E-state index is 6.94. The summed E-state index contributed by atoms with van der Waals surface area (Å²) in [6.45, 7) is 4.90. The average molecular weight is 800 g/mol. The van der Waals surface area contributed by atoms with Gasteiger partial charge in [-0.3, -0.25) is 4.99 Å². The molecule has 0 atom stereocenters. The number of aliphatic imine (C=N–C) groups is 1. The number of rotatable bonds is 7. The summed E-state index contributed by atoms with van der Waals surface area (Å²) in [5.41, 5.74) is 20.4. The minimum absolute atomic E-state index is 0.346. The highest BCUT2D eigenvalue weighted by Gasteiger charge is 2.46. The molecule has 0 amide bonds. The summed E-state index contributed by atoms with van der Waals surface area (Å²) in [4.78, 5) is 7.77. The second kappa shape index (κ2) is 14.9. The molecule has 8 aromatic carbocycles. The zero-order valence-corrected chi connectivity index (χ0v) is 34.3. The van der Waals surface area contributed by atoms with Gasteiger partial charge in [0, 0.05) is 43.2 Å². The number of fused-ring (bicyclic) bond motifs is 8. The fraction of sp³-hybridized carbons (Fsp3) is 0.0351. The van der Waals surface area contributed by atoms with Crippen molar-refractivity contribution in [1.29, 1.82) is 0 Å². The van der Waals surface area contributed by atoms with Crippen molar-refractivity contribution in [2.24, 2.45) is 10.7 Å². The van der Waals surface area contributed by atoms with Crippen LogP contribution in [0, 0.1) is 0 Å². The Labute approximate surface area is 360 Å². The van der Waals surface area contributed by atoms with E-state index in [2.05, 4.69) is 188 Å². The summed E-state index contributed by atoms with van der Waals surface area (Å²) in [6.07, 6.45) is 10.4. The zero-order chi connectivity index (χ0) is 40.9. The summed E-state index contributed by atoms with van der Waals surface area (Å²) in [7, 11) is 0. The van der Waals surface area contributed by atoms with Gasteiger partial charge in [-0.25, -0.2) is 0 Å². The number of anilines is 1. The predicted molar refractivity (Wildman–Crippen MR) is 260 cm³/mol. The topological polar surface area (TPSA) is 41.6 Å². The van der Waals surface area contributed by atoms with Crippen LogP contribution in [0.25, 0.3) is 53.3 Å². The Morgan fingerprint density at radius 2 is 1.30 bits per heavy atom. The van der Waals surface area contributed by atoms with Crippen molar-refractivity contribution in [1.82, 2.24) is 0 Å². The van der Waals surface area contributed by atoms with E-state index in [4.69, 9.17) is 10.7 Å². The third kappa shape index (κ3) is 6.06. The maximum Gasteiger partial charge on any atom is 0.115 e. The van der Waals surface area contributed by atoms with Gasteiger partial charge in [-0.05, 0) is 85.6 Å². The highest BCUT2D eigenvalue weighted by Crippen LogP contribution is 2.56. The third-order valence-corrected chi connectivity index (χ3v) is 13.6. The van der Waals surface area contributed by atoms with E-state index in [1.54, 1.807) is 0 Å². The largest absolute Gasteiger partial charge is 0.398 e. The van der Waals surface area contributed by atoms with Gasteiger partial charge in [0.2, 0.25) is 0 Å². The van der Waals surface area contributed by atoms with Crippen molar-refractivity contribution in [2.45, 2.75) is 5.41 Å². The first-order chi connectivity index (χ1) is 30.1. The highest BCUT2D eigenvalue weighted by atomic mass is 32.1. The van der Waals surface area contributed by atoms with Gasteiger partial charge in [-0.2, -0.15) is 0 Å². The zero-order valence-electron chi connectivity index (χ0n) is 33.5. The van der Waals surface area contributed by atoms with E-state index in [0.29, 0.717) is 12.4 Å². The lowest BCUT2D eigenvalue weighted by Crippen LogP contribution is -2.29. The highest BCUT2D eigenvalue weighted by molar-refractivity contribution is 7.26. The van der Waals surface area contributed by atoms with Gasteiger partial charge in [-0.15, -0.1) is 11.3 Å². The number of allylic oxidation sites excluding steroid dienone is 5. The van der Waals surface area contributed by atoms with Crippen LogP contribution < -0.4 is 10.6 Å². The predicted octanol–water partition coefficient (Wildman–Crippen LogP) is 13.9. The van der Waals surface area contributed by atoms with Crippen LogP contribution in [0.15, 0.2) is 224 Å². The number of nitrogens with zero attached hydrogens (tertiary/aromatic N) is 2. The fourth-order valence-corrected chi connectivity index (χ4v) is 10.8. The van der Waals surface area contributed by atoms with Crippen LogP contribution in [0.4, 0.5) is 5.69 Å². The Morgan fingerprint density at radius 1 is 0.623 bits per heavy atom. The number of thiophene rings is 1. The molecule has 1 aliphatic heterocycles. The van der Waals surface area contributed by atoms with Crippen LogP contribution in [0.5, 0.6) is 0 Å². The molecule has 3 nitrogen and oxygen atoms in total. The lowest BCUT2D eigenvalue weighted by molar-refractivity contribution is 0.767. The first-order valence-corrected chi connectivity index (χ1v) is 21.5. The SMILES string of the molecule is C=C1/C=C\C=C/N(C/N=C(\C=C(/N)c2ccccc2)c2cccc3c2sc2cc4ccccc4cc23)c2cc(C3(c4ccccc4)c4ccccc4-c4ccccc43)ccc21. The molecule has 0 saturated heterocycles. The van der Waals surface area contributed by atoms with Gasteiger partial charge < -0.3 is 10.6 Å². The molecular weight excluding hydrogens is 759 g/mol. The van der Waals surface area contributed by atoms with Crippen LogP contribution in [-0.4, -0.2) is 12.4 Å².